The zero-order valence-corrected chi connectivity index (χ0v) is 34.2. The summed E-state index contributed by atoms with van der Waals surface area (Å²) in [6.07, 6.45) is 39.0. The highest BCUT2D eigenvalue weighted by Crippen LogP contribution is 2.14. The first-order valence-corrected chi connectivity index (χ1v) is 21.0. The number of nitrogens with zero attached hydrogens (tertiary/aromatic N) is 1. The normalized spacial score (nSPS) is 13.3. The van der Waals surface area contributed by atoms with Crippen LogP contribution >= 0.6 is 0 Å². The molecule has 0 saturated carbocycles. The van der Waals surface area contributed by atoms with Crippen molar-refractivity contribution in [3.05, 3.63) is 36.5 Å². The second-order valence-corrected chi connectivity index (χ2v) is 15.2. The van der Waals surface area contributed by atoms with Crippen molar-refractivity contribution >= 4 is 17.9 Å². The van der Waals surface area contributed by atoms with Gasteiger partial charge in [0.2, 0.25) is 0 Å². The van der Waals surface area contributed by atoms with E-state index in [1.165, 1.54) is 83.5 Å². The molecule has 0 aliphatic carbocycles. The molecule has 52 heavy (non-hydrogen) atoms. The van der Waals surface area contributed by atoms with Crippen LogP contribution in [-0.2, 0) is 28.6 Å². The van der Waals surface area contributed by atoms with Crippen molar-refractivity contribution in [1.82, 2.24) is 0 Å². The van der Waals surface area contributed by atoms with Crippen LogP contribution < -0.4 is 5.11 Å². The topological polar surface area (TPSA) is 102 Å². The average Bonchev–Trinajstić information content (AvgIpc) is 3.09. The highest BCUT2D eigenvalue weighted by molar-refractivity contribution is 5.70. The number of aliphatic carboxylic acids is 1. The Morgan fingerprint density at radius 2 is 1.08 bits per heavy atom. The largest absolute Gasteiger partial charge is 0.544 e. The molecule has 0 amide bonds. The molecule has 0 aromatic heterocycles. The monoisotopic (exact) mass is 734 g/mol. The number of unbranched alkanes of at least 4 members (excludes halogenated alkanes) is 17. The number of carbonyl (C=O) groups excluding carboxylic acids is 3. The van der Waals surface area contributed by atoms with Crippen LogP contribution in [0, 0.1) is 0 Å². The summed E-state index contributed by atoms with van der Waals surface area (Å²) in [5, 5.41) is 11.6. The van der Waals surface area contributed by atoms with Crippen LogP contribution in [0.25, 0.3) is 0 Å². The predicted molar refractivity (Wildman–Crippen MR) is 213 cm³/mol. The number of carbonyl (C=O) groups is 3. The molecule has 0 bridgehead atoms. The van der Waals surface area contributed by atoms with Crippen molar-refractivity contribution in [3.63, 3.8) is 0 Å². The lowest BCUT2D eigenvalue weighted by Gasteiger charge is -2.34. The number of quaternary nitrogens is 1. The van der Waals surface area contributed by atoms with E-state index in [-0.39, 0.29) is 42.7 Å². The molecule has 2 unspecified atom stereocenters. The number of hydrogen-bond acceptors (Lipinski definition) is 7. The molecule has 0 saturated heterocycles. The Bertz CT molecular complexity index is 953. The lowest BCUT2D eigenvalue weighted by molar-refractivity contribution is -0.889. The number of carboxylic acids is 1. The fraction of sp³-hybridized carbons (Fsp3) is 0.795. The van der Waals surface area contributed by atoms with E-state index in [0.717, 1.165) is 57.8 Å². The van der Waals surface area contributed by atoms with E-state index in [1.807, 2.05) is 0 Å². The minimum Gasteiger partial charge on any atom is -0.544 e. The quantitative estimate of drug-likeness (QED) is 0.0271. The number of allylic oxidation sites excluding steroid dienone is 6. The third-order valence-electron chi connectivity index (χ3n) is 9.29. The first-order valence-electron chi connectivity index (χ1n) is 21.0. The Balaban J connectivity index is 4.16. The summed E-state index contributed by atoms with van der Waals surface area (Å²) in [6, 6.07) is -0.722. The second kappa shape index (κ2) is 35.6. The van der Waals surface area contributed by atoms with Crippen LogP contribution in [0.5, 0.6) is 0 Å². The Morgan fingerprint density at radius 3 is 1.60 bits per heavy atom. The van der Waals surface area contributed by atoms with E-state index in [4.69, 9.17) is 14.2 Å². The van der Waals surface area contributed by atoms with Crippen molar-refractivity contribution in [3.8, 4) is 0 Å². The molecule has 0 rings (SSSR count). The number of rotatable bonds is 37. The minimum atomic E-state index is -1.13. The molecular weight excluding hydrogens is 654 g/mol. The Morgan fingerprint density at radius 1 is 0.596 bits per heavy atom. The zero-order valence-electron chi connectivity index (χ0n) is 34.2. The van der Waals surface area contributed by atoms with Gasteiger partial charge >= 0.3 is 11.9 Å². The average molecular weight is 734 g/mol. The van der Waals surface area contributed by atoms with E-state index >= 15 is 0 Å². The molecule has 8 heteroatoms. The first kappa shape index (κ1) is 49.6. The standard InChI is InChI=1S/C44H79NO7/c1-6-8-10-12-14-15-16-17-18-19-20-21-22-23-24-25-26-27-29-30-32-34-42(46)51-39-40(38-50-37-36-41(44(48)49)45(3,4)5)52-43(47)35-33-31-28-13-11-9-7-2/h8,10,14-15,17-18,40-41H,6-7,9,11-13,16,19-39H2,1-5H3/b10-8+,15-14+,18-17+. The molecule has 0 aromatic rings. The lowest BCUT2D eigenvalue weighted by atomic mass is 10.0. The number of carboxylic acid groups (broad SMARTS) is 1. The van der Waals surface area contributed by atoms with Gasteiger partial charge in [0.1, 0.15) is 12.6 Å². The van der Waals surface area contributed by atoms with Gasteiger partial charge < -0.3 is 28.6 Å². The van der Waals surface area contributed by atoms with E-state index in [0.29, 0.717) is 12.8 Å². The van der Waals surface area contributed by atoms with Gasteiger partial charge in [-0.25, -0.2) is 0 Å². The summed E-state index contributed by atoms with van der Waals surface area (Å²) in [5.41, 5.74) is 0. The van der Waals surface area contributed by atoms with E-state index in [2.05, 4.69) is 50.3 Å². The van der Waals surface area contributed by atoms with Crippen LogP contribution in [0.15, 0.2) is 36.5 Å². The van der Waals surface area contributed by atoms with Crippen LogP contribution in [-0.4, -0.2) is 75.5 Å². The predicted octanol–water partition coefficient (Wildman–Crippen LogP) is 9.74. The Labute approximate surface area is 319 Å². The summed E-state index contributed by atoms with van der Waals surface area (Å²) < 4.78 is 17.1. The van der Waals surface area contributed by atoms with Crippen molar-refractivity contribution in [1.29, 1.82) is 0 Å². The van der Waals surface area contributed by atoms with Gasteiger partial charge in [0.05, 0.1) is 40.3 Å². The number of hydrogen-bond donors (Lipinski definition) is 0. The molecule has 0 aliphatic heterocycles. The maximum Gasteiger partial charge on any atom is 0.306 e. The van der Waals surface area contributed by atoms with Gasteiger partial charge in [-0.1, -0.05) is 147 Å². The summed E-state index contributed by atoms with van der Waals surface area (Å²) in [7, 11) is 5.39. The van der Waals surface area contributed by atoms with Gasteiger partial charge in [-0.15, -0.1) is 0 Å². The molecule has 302 valence electrons. The van der Waals surface area contributed by atoms with Gasteiger partial charge in [0, 0.05) is 19.3 Å². The zero-order chi connectivity index (χ0) is 38.5. The molecule has 0 spiro atoms. The van der Waals surface area contributed by atoms with Crippen LogP contribution in [0.2, 0.25) is 0 Å². The van der Waals surface area contributed by atoms with Crippen molar-refractivity contribution in [2.24, 2.45) is 0 Å². The molecule has 2 atom stereocenters. The van der Waals surface area contributed by atoms with Crippen LogP contribution in [0.3, 0.4) is 0 Å². The third-order valence-corrected chi connectivity index (χ3v) is 9.29. The summed E-state index contributed by atoms with van der Waals surface area (Å²) in [5.74, 6) is -1.74. The van der Waals surface area contributed by atoms with Gasteiger partial charge in [0.25, 0.3) is 0 Å². The van der Waals surface area contributed by atoms with E-state index < -0.39 is 18.1 Å². The highest BCUT2D eigenvalue weighted by Gasteiger charge is 2.25. The fourth-order valence-corrected chi connectivity index (χ4v) is 6.03. The molecule has 0 fully saturated rings. The Kier molecular flexibility index (Phi) is 33.9. The van der Waals surface area contributed by atoms with Crippen LogP contribution in [0.4, 0.5) is 0 Å². The molecule has 0 N–H and O–H groups in total. The van der Waals surface area contributed by atoms with Gasteiger partial charge in [-0.3, -0.25) is 9.59 Å². The molecule has 8 nitrogen and oxygen atoms in total. The molecule has 0 heterocycles. The lowest BCUT2D eigenvalue weighted by Crippen LogP contribution is -2.55. The molecular formula is C44H79NO7. The smallest absolute Gasteiger partial charge is 0.306 e. The summed E-state index contributed by atoms with van der Waals surface area (Å²) in [4.78, 5) is 36.6. The van der Waals surface area contributed by atoms with Gasteiger partial charge in [-0.2, -0.15) is 0 Å². The highest BCUT2D eigenvalue weighted by atomic mass is 16.6. The number of ether oxygens (including phenoxy) is 3. The fourth-order valence-electron chi connectivity index (χ4n) is 6.03. The van der Waals surface area contributed by atoms with E-state index in [9.17, 15) is 19.5 Å². The third kappa shape index (κ3) is 33.4. The van der Waals surface area contributed by atoms with Gasteiger partial charge in [0.15, 0.2) is 6.10 Å². The van der Waals surface area contributed by atoms with Crippen molar-refractivity contribution in [2.75, 3.05) is 41.0 Å². The molecule has 0 aliphatic rings. The second-order valence-electron chi connectivity index (χ2n) is 15.2. The molecule has 0 aromatic carbocycles. The van der Waals surface area contributed by atoms with Gasteiger partial charge in [-0.05, 0) is 44.9 Å². The first-order chi connectivity index (χ1) is 25.1. The SMILES string of the molecule is CC/C=C/C/C=C/C/C=C/CCCCCCCCCCCCCC(=O)OCC(COCCC(C(=O)[O-])[N+](C)(C)C)OC(=O)CCCCCCCCC. The number of esters is 2. The van der Waals surface area contributed by atoms with E-state index in [1.54, 1.807) is 21.1 Å². The summed E-state index contributed by atoms with van der Waals surface area (Å²) >= 11 is 0. The number of likely N-dealkylation sites (N-methyl/N-ethyl adjacent to an activating group) is 1. The Hall–Kier alpha value is -2.45. The minimum absolute atomic E-state index is 0.0418. The summed E-state index contributed by atoms with van der Waals surface area (Å²) in [6.45, 7) is 4.50. The van der Waals surface area contributed by atoms with Crippen LogP contribution in [0.1, 0.15) is 174 Å². The van der Waals surface area contributed by atoms with Crippen molar-refractivity contribution < 1.29 is 38.2 Å². The maximum absolute atomic E-state index is 12.6. The molecule has 0 radical (unpaired) electrons. The van der Waals surface area contributed by atoms with Crippen molar-refractivity contribution in [2.45, 2.75) is 187 Å². The maximum atomic E-state index is 12.6.